The zero-order valence-electron chi connectivity index (χ0n) is 15.9. The van der Waals surface area contributed by atoms with E-state index in [2.05, 4.69) is 34.6 Å². The molecule has 0 spiro atoms. The minimum absolute atomic E-state index is 0.0159. The van der Waals surface area contributed by atoms with Gasteiger partial charge in [0.2, 0.25) is 7.37 Å². The Balaban J connectivity index is 2.16. The second kappa shape index (κ2) is 7.15. The summed E-state index contributed by atoms with van der Waals surface area (Å²) in [6, 6.07) is 0. The summed E-state index contributed by atoms with van der Waals surface area (Å²) in [5, 5.41) is 0. The van der Waals surface area contributed by atoms with Gasteiger partial charge in [-0.05, 0) is 53.4 Å². The van der Waals surface area contributed by atoms with E-state index in [4.69, 9.17) is 14.0 Å². The lowest BCUT2D eigenvalue weighted by atomic mass is 9.79. The first-order chi connectivity index (χ1) is 10.5. The molecule has 0 aromatic carbocycles. The maximum absolute atomic E-state index is 13.1. The average Bonchev–Trinajstić information content (AvgIpc) is 2.60. The highest BCUT2D eigenvalue weighted by Gasteiger charge is 2.53. The molecule has 136 valence electrons. The summed E-state index contributed by atoms with van der Waals surface area (Å²) < 4.78 is 31.5. The quantitative estimate of drug-likeness (QED) is 0.677. The molecule has 5 heteroatoms. The number of rotatable bonds is 5. The topological polar surface area (TPSA) is 44.8 Å². The fourth-order valence-electron chi connectivity index (χ4n) is 3.92. The third-order valence-electron chi connectivity index (χ3n) is 5.31. The lowest BCUT2D eigenvalue weighted by Gasteiger charge is -2.37. The molecule has 0 unspecified atom stereocenters. The Hall–Kier alpha value is 0.110. The first kappa shape index (κ1) is 19.4. The summed E-state index contributed by atoms with van der Waals surface area (Å²) in [6.07, 6.45) is 3.75. The second-order valence-electron chi connectivity index (χ2n) is 8.45. The molecule has 2 heterocycles. The molecule has 0 aliphatic carbocycles. The van der Waals surface area contributed by atoms with Crippen molar-refractivity contribution in [3.05, 3.63) is 0 Å². The third kappa shape index (κ3) is 4.39. The summed E-state index contributed by atoms with van der Waals surface area (Å²) >= 11 is 0. The van der Waals surface area contributed by atoms with Crippen LogP contribution in [0.25, 0.3) is 0 Å². The van der Waals surface area contributed by atoms with Gasteiger partial charge < -0.3 is 14.0 Å². The molecule has 2 rings (SSSR count). The third-order valence-corrected chi connectivity index (χ3v) is 8.14. The van der Waals surface area contributed by atoms with Gasteiger partial charge in [0.25, 0.3) is 0 Å². The van der Waals surface area contributed by atoms with E-state index in [9.17, 15) is 4.57 Å². The van der Waals surface area contributed by atoms with Crippen LogP contribution in [-0.4, -0.2) is 42.8 Å². The first-order valence-electron chi connectivity index (χ1n) is 9.12. The van der Waals surface area contributed by atoms with Crippen LogP contribution >= 0.6 is 7.37 Å². The van der Waals surface area contributed by atoms with E-state index in [-0.39, 0.29) is 41.9 Å². The minimum Gasteiger partial charge on any atom is -0.372 e. The zero-order chi connectivity index (χ0) is 17.4. The summed E-state index contributed by atoms with van der Waals surface area (Å²) in [5.41, 5.74) is -0.0325. The molecule has 2 fully saturated rings. The maximum atomic E-state index is 13.1. The average molecular weight is 346 g/mol. The highest BCUT2D eigenvalue weighted by molar-refractivity contribution is 7.59. The lowest BCUT2D eigenvalue weighted by molar-refractivity contribution is -0.0790. The molecule has 2 aliphatic rings. The lowest BCUT2D eigenvalue weighted by Crippen LogP contribution is -2.43. The van der Waals surface area contributed by atoms with Crippen molar-refractivity contribution in [3.63, 3.8) is 0 Å². The molecule has 0 bridgehead atoms. The van der Waals surface area contributed by atoms with Crippen LogP contribution in [0.5, 0.6) is 0 Å². The van der Waals surface area contributed by atoms with E-state index in [0.29, 0.717) is 12.3 Å². The molecule has 4 nitrogen and oxygen atoms in total. The number of ether oxygens (including phenoxy) is 2. The van der Waals surface area contributed by atoms with Crippen molar-refractivity contribution in [2.75, 3.05) is 12.3 Å². The smallest absolute Gasteiger partial charge is 0.203 e. The number of hydrogen-bond donors (Lipinski definition) is 0. The van der Waals surface area contributed by atoms with Gasteiger partial charge in [0.15, 0.2) is 0 Å². The molecular weight excluding hydrogens is 311 g/mol. The van der Waals surface area contributed by atoms with Crippen molar-refractivity contribution < 1.29 is 18.6 Å². The molecular formula is C18H35O4P. The van der Waals surface area contributed by atoms with Gasteiger partial charge in [0, 0.05) is 17.7 Å². The Kier molecular flexibility index (Phi) is 6.05. The fraction of sp³-hybridized carbons (Fsp3) is 1.00. The van der Waals surface area contributed by atoms with Crippen molar-refractivity contribution in [3.8, 4) is 0 Å². The highest BCUT2D eigenvalue weighted by atomic mass is 31.2. The van der Waals surface area contributed by atoms with Gasteiger partial charge in [0.1, 0.15) is 0 Å². The van der Waals surface area contributed by atoms with Gasteiger partial charge in [-0.15, -0.1) is 0 Å². The fourth-order valence-corrected chi connectivity index (χ4v) is 6.84. The summed E-state index contributed by atoms with van der Waals surface area (Å²) in [7, 11) is -2.54. The van der Waals surface area contributed by atoms with Crippen LogP contribution in [0.1, 0.15) is 61.3 Å². The molecule has 2 saturated heterocycles. The van der Waals surface area contributed by atoms with Crippen LogP contribution in [-0.2, 0) is 18.6 Å². The summed E-state index contributed by atoms with van der Waals surface area (Å²) in [5.74, 6) is 0.265. The van der Waals surface area contributed by atoms with Gasteiger partial charge in [-0.25, -0.2) is 0 Å². The molecule has 0 N–H and O–H groups in total. The van der Waals surface area contributed by atoms with E-state index in [1.54, 1.807) is 0 Å². The van der Waals surface area contributed by atoms with Gasteiger partial charge in [0.05, 0.1) is 30.5 Å². The van der Waals surface area contributed by atoms with Crippen molar-refractivity contribution in [2.24, 2.45) is 11.3 Å². The Morgan fingerprint density at radius 3 is 2.39 bits per heavy atom. The molecule has 0 amide bonds. The standard InChI is InChI=1S/C18H35O4P/c1-12(2)20-17-16(21-14(5)18(17,6)7)15-9-8-10-23(19,11-15)22-13(3)4/h12-17H,8-11H2,1-7H3/t14-,15-,16+,17+,23-/m0/s1. The molecule has 0 aromatic heterocycles. The minimum atomic E-state index is -2.54. The van der Waals surface area contributed by atoms with Crippen LogP contribution in [0.3, 0.4) is 0 Å². The summed E-state index contributed by atoms with van der Waals surface area (Å²) in [4.78, 5) is 0. The normalized spacial score (nSPS) is 40.9. The summed E-state index contributed by atoms with van der Waals surface area (Å²) in [6.45, 7) is 14.6. The van der Waals surface area contributed by atoms with Gasteiger partial charge in [-0.2, -0.15) is 0 Å². The van der Waals surface area contributed by atoms with E-state index >= 15 is 0 Å². The molecule has 5 atom stereocenters. The Morgan fingerprint density at radius 1 is 1.17 bits per heavy atom. The number of hydrogen-bond acceptors (Lipinski definition) is 4. The largest absolute Gasteiger partial charge is 0.372 e. The Labute approximate surface area is 142 Å². The van der Waals surface area contributed by atoms with Crippen LogP contribution in [0.4, 0.5) is 0 Å². The Bertz CT molecular complexity index is 446. The van der Waals surface area contributed by atoms with Gasteiger partial charge in [-0.1, -0.05) is 13.8 Å². The predicted octanol–water partition coefficient (Wildman–Crippen LogP) is 4.71. The molecule has 23 heavy (non-hydrogen) atoms. The van der Waals surface area contributed by atoms with E-state index < -0.39 is 7.37 Å². The van der Waals surface area contributed by atoms with Crippen molar-refractivity contribution in [2.45, 2.75) is 91.8 Å². The Morgan fingerprint density at radius 2 is 1.83 bits per heavy atom. The van der Waals surface area contributed by atoms with Gasteiger partial charge >= 0.3 is 0 Å². The monoisotopic (exact) mass is 346 g/mol. The van der Waals surface area contributed by atoms with Crippen molar-refractivity contribution in [1.82, 2.24) is 0 Å². The SMILES string of the molecule is CC(C)O[C@@H]1[C@@H]([C@H]2CCC[P@](=O)(OC(C)C)C2)O[C@@H](C)C1(C)C. The van der Waals surface area contributed by atoms with E-state index in [1.807, 2.05) is 13.8 Å². The molecule has 0 radical (unpaired) electrons. The molecule has 2 aliphatic heterocycles. The second-order valence-corrected chi connectivity index (χ2v) is 11.1. The van der Waals surface area contributed by atoms with Crippen LogP contribution in [0, 0.1) is 11.3 Å². The molecule has 0 saturated carbocycles. The highest BCUT2D eigenvalue weighted by Crippen LogP contribution is 2.56. The van der Waals surface area contributed by atoms with Crippen LogP contribution < -0.4 is 0 Å². The molecule has 0 aromatic rings. The zero-order valence-corrected chi connectivity index (χ0v) is 16.8. The van der Waals surface area contributed by atoms with Crippen molar-refractivity contribution >= 4 is 7.37 Å². The van der Waals surface area contributed by atoms with Gasteiger partial charge in [-0.3, -0.25) is 4.57 Å². The van der Waals surface area contributed by atoms with E-state index in [1.165, 1.54) is 0 Å². The van der Waals surface area contributed by atoms with E-state index in [0.717, 1.165) is 12.8 Å². The van der Waals surface area contributed by atoms with Crippen LogP contribution in [0.2, 0.25) is 0 Å². The predicted molar refractivity (Wildman–Crippen MR) is 94.4 cm³/mol. The maximum Gasteiger partial charge on any atom is 0.203 e. The van der Waals surface area contributed by atoms with Crippen molar-refractivity contribution in [1.29, 1.82) is 0 Å². The first-order valence-corrected chi connectivity index (χ1v) is 11.1. The van der Waals surface area contributed by atoms with Crippen LogP contribution in [0.15, 0.2) is 0 Å².